The number of carbonyl (C=O) groups excluding carboxylic acids is 1. The second kappa shape index (κ2) is 6.66. The molecule has 4 aromatic rings. The van der Waals surface area contributed by atoms with Gasteiger partial charge in [-0.15, -0.1) is 0 Å². The molecule has 1 aliphatic heterocycles. The standard InChI is InChI=1S/C20H16ClFN6O/c1-27-19(15(21)9-23-27)8-18-13-4-3-12(22)7-14(13)20(29)28(18)10-11-2-5-16-17(6-11)25-26-24-16/h2-7,9,18H,8,10H2,1H3,(H,24,25,26). The van der Waals surface area contributed by atoms with Crippen LogP contribution < -0.4 is 0 Å². The van der Waals surface area contributed by atoms with E-state index in [0.717, 1.165) is 27.9 Å². The Kier molecular flexibility index (Phi) is 4.09. The lowest BCUT2D eigenvalue weighted by Crippen LogP contribution is -2.29. The topological polar surface area (TPSA) is 79.7 Å². The number of fused-ring (bicyclic) bond motifs is 2. The molecule has 0 bridgehead atoms. The zero-order valence-electron chi connectivity index (χ0n) is 15.4. The fourth-order valence-electron chi connectivity index (χ4n) is 3.90. The van der Waals surface area contributed by atoms with Gasteiger partial charge in [0.1, 0.15) is 16.9 Å². The summed E-state index contributed by atoms with van der Waals surface area (Å²) < 4.78 is 15.5. The van der Waals surface area contributed by atoms with Crippen molar-refractivity contribution in [2.45, 2.75) is 19.0 Å². The minimum absolute atomic E-state index is 0.206. The number of aryl methyl sites for hydroxylation is 1. The fourth-order valence-corrected chi connectivity index (χ4v) is 4.14. The number of rotatable bonds is 4. The molecule has 0 saturated carbocycles. The van der Waals surface area contributed by atoms with Crippen LogP contribution in [0.3, 0.4) is 0 Å². The Bertz CT molecular complexity index is 1230. The highest BCUT2D eigenvalue weighted by Gasteiger charge is 2.37. The molecule has 9 heteroatoms. The number of aromatic nitrogens is 5. The van der Waals surface area contributed by atoms with Gasteiger partial charge in [0.15, 0.2) is 0 Å². The molecule has 29 heavy (non-hydrogen) atoms. The van der Waals surface area contributed by atoms with E-state index in [9.17, 15) is 9.18 Å². The van der Waals surface area contributed by atoms with Crippen molar-refractivity contribution in [2.24, 2.45) is 7.05 Å². The Morgan fingerprint density at radius 1 is 1.17 bits per heavy atom. The molecular formula is C20H16ClFN6O. The molecule has 0 spiro atoms. The summed E-state index contributed by atoms with van der Waals surface area (Å²) in [5.41, 5.74) is 4.38. The number of carbonyl (C=O) groups is 1. The van der Waals surface area contributed by atoms with Crippen LogP contribution in [-0.4, -0.2) is 36.0 Å². The minimum Gasteiger partial charge on any atom is -0.327 e. The number of benzene rings is 2. The van der Waals surface area contributed by atoms with E-state index in [1.165, 1.54) is 12.1 Å². The molecular weight excluding hydrogens is 395 g/mol. The third kappa shape index (κ3) is 2.96. The van der Waals surface area contributed by atoms with Gasteiger partial charge in [0.25, 0.3) is 5.91 Å². The molecule has 2 aromatic carbocycles. The van der Waals surface area contributed by atoms with Gasteiger partial charge in [0.2, 0.25) is 0 Å². The van der Waals surface area contributed by atoms with E-state index in [2.05, 4.69) is 20.5 Å². The smallest absolute Gasteiger partial charge is 0.255 e. The summed E-state index contributed by atoms with van der Waals surface area (Å²) in [5, 5.41) is 15.5. The van der Waals surface area contributed by atoms with Gasteiger partial charge in [-0.05, 0) is 35.4 Å². The molecule has 3 heterocycles. The molecule has 0 radical (unpaired) electrons. The van der Waals surface area contributed by atoms with Gasteiger partial charge in [-0.1, -0.05) is 23.7 Å². The maximum absolute atomic E-state index is 13.8. The highest BCUT2D eigenvalue weighted by Crippen LogP contribution is 2.38. The summed E-state index contributed by atoms with van der Waals surface area (Å²) >= 11 is 6.31. The van der Waals surface area contributed by atoms with Crippen LogP contribution in [0.15, 0.2) is 42.6 Å². The zero-order valence-corrected chi connectivity index (χ0v) is 16.2. The summed E-state index contributed by atoms with van der Waals surface area (Å²) in [6.45, 7) is 0.359. The maximum Gasteiger partial charge on any atom is 0.255 e. The lowest BCUT2D eigenvalue weighted by atomic mass is 10.00. The Morgan fingerprint density at radius 2 is 2.00 bits per heavy atom. The Morgan fingerprint density at radius 3 is 2.79 bits per heavy atom. The molecule has 0 fully saturated rings. The average Bonchev–Trinajstić information content (AvgIpc) is 3.37. The fraction of sp³-hybridized carbons (Fsp3) is 0.200. The summed E-state index contributed by atoms with van der Waals surface area (Å²) in [5.74, 6) is -0.636. The quantitative estimate of drug-likeness (QED) is 0.559. The zero-order chi connectivity index (χ0) is 20.1. The molecule has 7 nitrogen and oxygen atoms in total. The molecule has 1 unspecified atom stereocenters. The molecule has 1 N–H and O–H groups in total. The van der Waals surface area contributed by atoms with Gasteiger partial charge in [-0.2, -0.15) is 20.5 Å². The van der Waals surface area contributed by atoms with Crippen molar-refractivity contribution in [3.63, 3.8) is 0 Å². The van der Waals surface area contributed by atoms with Crippen LogP contribution >= 0.6 is 11.6 Å². The molecule has 1 atom stereocenters. The van der Waals surface area contributed by atoms with E-state index in [1.807, 2.05) is 25.2 Å². The van der Waals surface area contributed by atoms with E-state index in [0.29, 0.717) is 23.6 Å². The van der Waals surface area contributed by atoms with Crippen molar-refractivity contribution in [1.82, 2.24) is 30.1 Å². The van der Waals surface area contributed by atoms with Gasteiger partial charge in [-0.25, -0.2) is 4.39 Å². The van der Waals surface area contributed by atoms with Gasteiger partial charge in [-0.3, -0.25) is 9.48 Å². The van der Waals surface area contributed by atoms with Crippen molar-refractivity contribution in [3.8, 4) is 0 Å². The number of H-pyrrole nitrogens is 1. The first-order chi connectivity index (χ1) is 14.0. The number of nitrogens with zero attached hydrogens (tertiary/aromatic N) is 5. The van der Waals surface area contributed by atoms with Crippen molar-refractivity contribution < 1.29 is 9.18 Å². The average molecular weight is 411 g/mol. The third-order valence-corrected chi connectivity index (χ3v) is 5.69. The van der Waals surface area contributed by atoms with Gasteiger partial charge < -0.3 is 4.90 Å². The van der Waals surface area contributed by atoms with Crippen LogP contribution in [0.5, 0.6) is 0 Å². The van der Waals surface area contributed by atoms with Crippen LogP contribution in [0.4, 0.5) is 4.39 Å². The minimum atomic E-state index is -0.430. The van der Waals surface area contributed by atoms with Crippen molar-refractivity contribution in [2.75, 3.05) is 0 Å². The van der Waals surface area contributed by atoms with Gasteiger partial charge >= 0.3 is 0 Å². The molecule has 0 saturated heterocycles. The summed E-state index contributed by atoms with van der Waals surface area (Å²) in [4.78, 5) is 14.9. The van der Waals surface area contributed by atoms with E-state index in [4.69, 9.17) is 11.6 Å². The van der Waals surface area contributed by atoms with Crippen LogP contribution in [0.1, 0.15) is 33.2 Å². The SMILES string of the molecule is Cn1ncc(Cl)c1CC1c2ccc(F)cc2C(=O)N1Cc1ccc2n[nH]nc2c1. The summed E-state index contributed by atoms with van der Waals surface area (Å²) in [7, 11) is 1.81. The van der Waals surface area contributed by atoms with Crippen LogP contribution in [0, 0.1) is 5.82 Å². The van der Waals surface area contributed by atoms with Gasteiger partial charge in [0.05, 0.1) is 23.0 Å². The lowest BCUT2D eigenvalue weighted by Gasteiger charge is -2.26. The molecule has 1 amide bonds. The van der Waals surface area contributed by atoms with E-state index < -0.39 is 5.82 Å². The largest absolute Gasteiger partial charge is 0.327 e. The summed E-state index contributed by atoms with van der Waals surface area (Å²) in [6, 6.07) is 9.75. The first-order valence-electron chi connectivity index (χ1n) is 9.07. The molecule has 0 aliphatic carbocycles. The molecule has 2 aromatic heterocycles. The highest BCUT2D eigenvalue weighted by atomic mass is 35.5. The monoisotopic (exact) mass is 410 g/mol. The first-order valence-corrected chi connectivity index (χ1v) is 9.45. The predicted octanol–water partition coefficient (Wildman–Crippen LogP) is 3.42. The van der Waals surface area contributed by atoms with Crippen LogP contribution in [0.2, 0.25) is 5.02 Å². The number of hydrogen-bond acceptors (Lipinski definition) is 4. The Balaban J connectivity index is 1.55. The molecule has 1 aliphatic rings. The van der Waals surface area contributed by atoms with Gasteiger partial charge in [0, 0.05) is 25.6 Å². The van der Waals surface area contributed by atoms with Crippen LogP contribution in [0.25, 0.3) is 11.0 Å². The number of hydrogen-bond donors (Lipinski definition) is 1. The van der Waals surface area contributed by atoms with E-state index in [-0.39, 0.29) is 11.9 Å². The van der Waals surface area contributed by atoms with E-state index >= 15 is 0 Å². The number of aromatic amines is 1. The van der Waals surface area contributed by atoms with Crippen molar-refractivity contribution >= 4 is 28.5 Å². The summed E-state index contributed by atoms with van der Waals surface area (Å²) in [6.07, 6.45) is 2.06. The van der Waals surface area contributed by atoms with Crippen molar-refractivity contribution in [3.05, 3.63) is 75.8 Å². The maximum atomic E-state index is 13.8. The van der Waals surface area contributed by atoms with E-state index in [1.54, 1.807) is 21.8 Å². The Hall–Kier alpha value is -3.26. The first kappa shape index (κ1) is 17.8. The second-order valence-electron chi connectivity index (χ2n) is 7.09. The highest BCUT2D eigenvalue weighted by molar-refractivity contribution is 6.31. The number of nitrogens with one attached hydrogen (secondary N) is 1. The van der Waals surface area contributed by atoms with Crippen LogP contribution in [-0.2, 0) is 20.0 Å². The predicted molar refractivity (Wildman–Crippen MR) is 105 cm³/mol. The van der Waals surface area contributed by atoms with Crippen molar-refractivity contribution in [1.29, 1.82) is 0 Å². The lowest BCUT2D eigenvalue weighted by molar-refractivity contribution is 0.0707. The number of amides is 1. The Labute approximate surface area is 170 Å². The normalized spacial score (nSPS) is 16.0. The molecule has 5 rings (SSSR count). The second-order valence-corrected chi connectivity index (χ2v) is 7.50. The third-order valence-electron chi connectivity index (χ3n) is 5.37. The molecule has 146 valence electrons. The number of halogens is 2.